The molecule has 0 saturated carbocycles. The van der Waals surface area contributed by atoms with Crippen LogP contribution in [0.25, 0.3) is 0 Å². The molecule has 1 heterocycles. The van der Waals surface area contributed by atoms with Crippen LogP contribution in [0.2, 0.25) is 0 Å². The molecule has 0 unspecified atom stereocenters. The van der Waals surface area contributed by atoms with Gasteiger partial charge in [0.2, 0.25) is 15.9 Å². The molecule has 0 aromatic heterocycles. The molecule has 0 bridgehead atoms. The lowest BCUT2D eigenvalue weighted by molar-refractivity contribution is -0.133. The zero-order chi connectivity index (χ0) is 20.3. The summed E-state index contributed by atoms with van der Waals surface area (Å²) in [5, 5.41) is 7.87. The highest BCUT2D eigenvalue weighted by molar-refractivity contribution is 7.89. The van der Waals surface area contributed by atoms with E-state index in [0.29, 0.717) is 24.4 Å². The molecule has 1 aliphatic heterocycles. The van der Waals surface area contributed by atoms with Crippen molar-refractivity contribution in [2.24, 2.45) is 5.14 Å². The number of fused-ring (bicyclic) bond motifs is 1. The van der Waals surface area contributed by atoms with E-state index in [9.17, 15) is 18.0 Å². The Kier molecular flexibility index (Phi) is 5.66. The number of nitrogens with zero attached hydrogens (tertiary/aromatic N) is 1. The summed E-state index contributed by atoms with van der Waals surface area (Å²) in [6, 6.07) is 11.7. The molecule has 2 aromatic carbocycles. The van der Waals surface area contributed by atoms with Crippen molar-refractivity contribution in [3.63, 3.8) is 0 Å². The number of aryl methyl sites for hydroxylation is 1. The van der Waals surface area contributed by atoms with Gasteiger partial charge in [-0.15, -0.1) is 0 Å². The Morgan fingerprint density at radius 1 is 1.21 bits per heavy atom. The third-order valence-corrected chi connectivity index (χ3v) is 5.25. The van der Waals surface area contributed by atoms with Gasteiger partial charge in [0.25, 0.3) is 0 Å². The topological polar surface area (TPSA) is 119 Å². The Bertz CT molecular complexity index is 1000. The van der Waals surface area contributed by atoms with E-state index in [1.165, 1.54) is 12.1 Å². The SMILES string of the molecule is Cc1ccc2c(c1)OC(=O)CN2CC(=O)NCCc1ccc(S(N)(=O)=O)cc1. The normalized spacial score (nSPS) is 13.6. The molecule has 2 aromatic rings. The van der Waals surface area contributed by atoms with Crippen LogP contribution in [0.5, 0.6) is 5.75 Å². The number of nitrogens with one attached hydrogen (secondary N) is 1. The summed E-state index contributed by atoms with van der Waals surface area (Å²) in [7, 11) is -3.71. The number of rotatable bonds is 6. The quantitative estimate of drug-likeness (QED) is 0.542. The minimum absolute atomic E-state index is 0.0124. The fourth-order valence-corrected chi connectivity index (χ4v) is 3.44. The third kappa shape index (κ3) is 4.87. The molecule has 148 valence electrons. The van der Waals surface area contributed by atoms with E-state index in [1.807, 2.05) is 19.1 Å². The van der Waals surface area contributed by atoms with E-state index in [4.69, 9.17) is 9.88 Å². The molecule has 0 aliphatic carbocycles. The number of anilines is 1. The number of sulfonamides is 1. The average Bonchev–Trinajstić information content (AvgIpc) is 2.60. The minimum atomic E-state index is -3.71. The van der Waals surface area contributed by atoms with Crippen LogP contribution < -0.4 is 20.1 Å². The molecular weight excluding hydrogens is 382 g/mol. The number of ether oxygens (including phenoxy) is 1. The molecule has 3 rings (SSSR count). The zero-order valence-electron chi connectivity index (χ0n) is 15.3. The first-order valence-corrected chi connectivity index (χ1v) is 10.2. The second kappa shape index (κ2) is 7.99. The number of amides is 1. The summed E-state index contributed by atoms with van der Waals surface area (Å²) in [4.78, 5) is 25.8. The van der Waals surface area contributed by atoms with E-state index < -0.39 is 16.0 Å². The molecule has 0 radical (unpaired) electrons. The van der Waals surface area contributed by atoms with Crippen LogP contribution in [0.15, 0.2) is 47.4 Å². The van der Waals surface area contributed by atoms with E-state index in [-0.39, 0.29) is 23.9 Å². The second-order valence-corrected chi connectivity index (χ2v) is 8.15. The lowest BCUT2D eigenvalue weighted by atomic mass is 10.1. The maximum atomic E-state index is 12.3. The highest BCUT2D eigenvalue weighted by Gasteiger charge is 2.25. The lowest BCUT2D eigenvalue weighted by Crippen LogP contribution is -2.43. The van der Waals surface area contributed by atoms with Crippen molar-refractivity contribution < 1.29 is 22.7 Å². The number of carbonyl (C=O) groups excluding carboxylic acids is 2. The Morgan fingerprint density at radius 2 is 1.93 bits per heavy atom. The smallest absolute Gasteiger partial charge is 0.331 e. The molecule has 0 atom stereocenters. The first-order chi connectivity index (χ1) is 13.2. The van der Waals surface area contributed by atoms with Crippen molar-refractivity contribution in [1.82, 2.24) is 5.32 Å². The van der Waals surface area contributed by atoms with E-state index in [1.54, 1.807) is 23.1 Å². The van der Waals surface area contributed by atoms with Crippen molar-refractivity contribution in [3.05, 3.63) is 53.6 Å². The van der Waals surface area contributed by atoms with Gasteiger partial charge in [0.1, 0.15) is 6.54 Å². The van der Waals surface area contributed by atoms with Gasteiger partial charge in [0, 0.05) is 6.54 Å². The predicted molar refractivity (Wildman–Crippen MR) is 104 cm³/mol. The molecule has 0 fully saturated rings. The van der Waals surface area contributed by atoms with E-state index in [2.05, 4.69) is 5.32 Å². The number of esters is 1. The van der Waals surface area contributed by atoms with Gasteiger partial charge in [-0.25, -0.2) is 18.4 Å². The fourth-order valence-electron chi connectivity index (χ4n) is 2.92. The lowest BCUT2D eigenvalue weighted by Gasteiger charge is -2.29. The van der Waals surface area contributed by atoms with Gasteiger partial charge in [0.05, 0.1) is 17.1 Å². The van der Waals surface area contributed by atoms with Crippen LogP contribution in [0.3, 0.4) is 0 Å². The molecule has 1 aliphatic rings. The van der Waals surface area contributed by atoms with Crippen LogP contribution in [0.1, 0.15) is 11.1 Å². The maximum absolute atomic E-state index is 12.3. The molecule has 3 N–H and O–H groups in total. The fraction of sp³-hybridized carbons (Fsp3) is 0.263. The van der Waals surface area contributed by atoms with Crippen molar-refractivity contribution >= 4 is 27.6 Å². The van der Waals surface area contributed by atoms with Crippen molar-refractivity contribution in [2.45, 2.75) is 18.2 Å². The Balaban J connectivity index is 1.54. The monoisotopic (exact) mass is 403 g/mol. The Morgan fingerprint density at radius 3 is 2.61 bits per heavy atom. The molecule has 9 heteroatoms. The summed E-state index contributed by atoms with van der Waals surface area (Å²) in [6.07, 6.45) is 0.536. The molecular formula is C19H21N3O5S. The highest BCUT2D eigenvalue weighted by atomic mass is 32.2. The van der Waals surface area contributed by atoms with Crippen LogP contribution in [0.4, 0.5) is 5.69 Å². The molecule has 0 saturated heterocycles. The van der Waals surface area contributed by atoms with E-state index in [0.717, 1.165) is 11.1 Å². The van der Waals surface area contributed by atoms with Gasteiger partial charge in [-0.2, -0.15) is 0 Å². The number of primary sulfonamides is 1. The first kappa shape index (κ1) is 19.8. The number of benzene rings is 2. The maximum Gasteiger partial charge on any atom is 0.331 e. The molecule has 8 nitrogen and oxygen atoms in total. The zero-order valence-corrected chi connectivity index (χ0v) is 16.2. The number of hydrogen-bond acceptors (Lipinski definition) is 6. The third-order valence-electron chi connectivity index (χ3n) is 4.32. The summed E-state index contributed by atoms with van der Waals surface area (Å²) in [5.74, 6) is -0.165. The number of hydrogen-bond donors (Lipinski definition) is 2. The van der Waals surface area contributed by atoms with Gasteiger partial charge in [-0.1, -0.05) is 18.2 Å². The van der Waals surface area contributed by atoms with Gasteiger partial charge in [0.15, 0.2) is 5.75 Å². The van der Waals surface area contributed by atoms with Crippen molar-refractivity contribution in [1.29, 1.82) is 0 Å². The number of carbonyl (C=O) groups is 2. The summed E-state index contributed by atoms with van der Waals surface area (Å²) in [5.41, 5.74) is 2.54. The predicted octanol–water partition coefficient (Wildman–Crippen LogP) is 0.727. The highest BCUT2D eigenvalue weighted by Crippen LogP contribution is 2.32. The van der Waals surface area contributed by atoms with Gasteiger partial charge in [-0.3, -0.25) is 4.79 Å². The standard InChI is InChI=1S/C19H21N3O5S/c1-13-2-7-16-17(10-13)27-19(24)12-22(16)11-18(23)21-9-8-14-3-5-15(6-4-14)28(20,25)26/h2-7,10H,8-9,11-12H2,1H3,(H,21,23)(H2,20,25,26). The van der Waals surface area contributed by atoms with Gasteiger partial charge in [-0.05, 0) is 48.7 Å². The average molecular weight is 403 g/mol. The van der Waals surface area contributed by atoms with Crippen LogP contribution in [0, 0.1) is 6.92 Å². The Hall–Kier alpha value is -2.91. The van der Waals surface area contributed by atoms with Gasteiger partial charge >= 0.3 is 5.97 Å². The minimum Gasteiger partial charge on any atom is -0.423 e. The van der Waals surface area contributed by atoms with Crippen molar-refractivity contribution in [3.8, 4) is 5.75 Å². The van der Waals surface area contributed by atoms with E-state index >= 15 is 0 Å². The first-order valence-electron chi connectivity index (χ1n) is 8.67. The Labute approximate surface area is 163 Å². The van der Waals surface area contributed by atoms with Crippen LogP contribution >= 0.6 is 0 Å². The summed E-state index contributed by atoms with van der Waals surface area (Å²) in [6.45, 7) is 2.33. The largest absolute Gasteiger partial charge is 0.423 e. The summed E-state index contributed by atoms with van der Waals surface area (Å²) >= 11 is 0. The molecule has 28 heavy (non-hydrogen) atoms. The second-order valence-electron chi connectivity index (χ2n) is 6.59. The number of nitrogens with two attached hydrogens (primary N) is 1. The van der Waals surface area contributed by atoms with Crippen molar-refractivity contribution in [2.75, 3.05) is 24.5 Å². The van der Waals surface area contributed by atoms with Crippen LogP contribution in [-0.2, 0) is 26.0 Å². The van der Waals surface area contributed by atoms with Gasteiger partial charge < -0.3 is 15.0 Å². The molecule has 0 spiro atoms. The molecule has 1 amide bonds. The van der Waals surface area contributed by atoms with Crippen LogP contribution in [-0.4, -0.2) is 39.9 Å². The summed E-state index contributed by atoms with van der Waals surface area (Å²) < 4.78 is 27.7.